The number of methoxy groups -OCH3 is 1. The number of aromatic nitrogens is 3. The number of nitrogens with zero attached hydrogens (tertiary/aromatic N) is 4. The van der Waals surface area contributed by atoms with Crippen LogP contribution in [-0.2, 0) is 11.3 Å². The van der Waals surface area contributed by atoms with Crippen LogP contribution in [0.15, 0.2) is 42.7 Å². The lowest BCUT2D eigenvalue weighted by Gasteiger charge is -2.35. The fraction of sp³-hybridized carbons (Fsp3) is 0.368. The number of ether oxygens (including phenoxy) is 2. The number of aryl methyl sites for hydroxylation is 1. The van der Waals surface area contributed by atoms with E-state index in [4.69, 9.17) is 9.47 Å². The second-order valence-electron chi connectivity index (χ2n) is 6.31. The minimum absolute atomic E-state index is 0.114. The molecule has 1 aliphatic rings. The molecule has 3 aromatic rings. The lowest BCUT2D eigenvalue weighted by Crippen LogP contribution is -2.44. The maximum Gasteiger partial charge on any atom is 0.145 e. The number of benzene rings is 1. The van der Waals surface area contributed by atoms with Crippen molar-refractivity contribution < 1.29 is 9.47 Å². The minimum atomic E-state index is 0.114. The summed E-state index contributed by atoms with van der Waals surface area (Å²) in [5, 5.41) is 5.40. The smallest absolute Gasteiger partial charge is 0.145 e. The molecule has 4 rings (SSSR count). The van der Waals surface area contributed by atoms with Gasteiger partial charge in [0.15, 0.2) is 0 Å². The number of morpholine rings is 1. The fourth-order valence-corrected chi connectivity index (χ4v) is 3.42. The van der Waals surface area contributed by atoms with E-state index in [0.29, 0.717) is 6.61 Å². The van der Waals surface area contributed by atoms with Crippen LogP contribution < -0.4 is 9.64 Å². The van der Waals surface area contributed by atoms with Crippen molar-refractivity contribution in [1.82, 2.24) is 14.8 Å². The first-order valence-electron chi connectivity index (χ1n) is 8.53. The third-order valence-electron chi connectivity index (χ3n) is 4.56. The van der Waals surface area contributed by atoms with Gasteiger partial charge < -0.3 is 14.4 Å². The summed E-state index contributed by atoms with van der Waals surface area (Å²) in [5.74, 6) is 0.809. The molecule has 1 aromatic carbocycles. The van der Waals surface area contributed by atoms with Gasteiger partial charge in [0.2, 0.25) is 0 Å². The third kappa shape index (κ3) is 3.17. The Morgan fingerprint density at radius 1 is 1.32 bits per heavy atom. The summed E-state index contributed by atoms with van der Waals surface area (Å²) in [6.07, 6.45) is 3.88. The summed E-state index contributed by atoms with van der Waals surface area (Å²) in [4.78, 5) is 7.07. The van der Waals surface area contributed by atoms with E-state index in [1.165, 1.54) is 5.69 Å². The van der Waals surface area contributed by atoms with Gasteiger partial charge >= 0.3 is 0 Å². The van der Waals surface area contributed by atoms with Crippen molar-refractivity contribution in [3.8, 4) is 5.75 Å². The summed E-state index contributed by atoms with van der Waals surface area (Å²) < 4.78 is 13.4. The van der Waals surface area contributed by atoms with Crippen LogP contribution in [-0.4, -0.2) is 47.7 Å². The van der Waals surface area contributed by atoms with Gasteiger partial charge in [-0.1, -0.05) is 12.1 Å². The van der Waals surface area contributed by atoms with Crippen LogP contribution in [0.2, 0.25) is 0 Å². The van der Waals surface area contributed by atoms with Crippen molar-refractivity contribution in [2.24, 2.45) is 0 Å². The zero-order chi connectivity index (χ0) is 17.2. The molecule has 1 fully saturated rings. The number of fused-ring (bicyclic) bond motifs is 1. The number of para-hydroxylation sites is 1. The van der Waals surface area contributed by atoms with Crippen molar-refractivity contribution in [1.29, 1.82) is 0 Å². The molecule has 0 bridgehead atoms. The molecule has 0 spiro atoms. The Bertz CT molecular complexity index is 863. The number of hydrogen-bond donors (Lipinski definition) is 0. The van der Waals surface area contributed by atoms with Crippen molar-refractivity contribution >= 4 is 16.6 Å². The molecule has 25 heavy (non-hydrogen) atoms. The highest BCUT2D eigenvalue weighted by molar-refractivity contribution is 5.95. The summed E-state index contributed by atoms with van der Waals surface area (Å²) >= 11 is 0. The monoisotopic (exact) mass is 338 g/mol. The predicted octanol–water partition coefficient (Wildman–Crippen LogP) is 2.65. The van der Waals surface area contributed by atoms with Gasteiger partial charge in [0, 0.05) is 42.3 Å². The van der Waals surface area contributed by atoms with Gasteiger partial charge in [0.1, 0.15) is 11.3 Å². The van der Waals surface area contributed by atoms with Crippen LogP contribution in [0, 0.1) is 6.92 Å². The predicted molar refractivity (Wildman–Crippen MR) is 97.2 cm³/mol. The molecule has 0 aliphatic carbocycles. The molecule has 0 saturated carbocycles. The van der Waals surface area contributed by atoms with Crippen molar-refractivity contribution in [2.75, 3.05) is 31.7 Å². The lowest BCUT2D eigenvalue weighted by atomic mass is 10.1. The Labute approximate surface area is 147 Å². The standard InChI is InChI=1S/C19H22N4O2/c1-14-11-17(16-5-3-6-18(24-2)19(16)21-14)22-9-10-25-15(12-22)13-23-8-4-7-20-23/h3-8,11,15H,9-10,12-13H2,1-2H3. The second-order valence-corrected chi connectivity index (χ2v) is 6.31. The second kappa shape index (κ2) is 6.72. The largest absolute Gasteiger partial charge is 0.494 e. The van der Waals surface area contributed by atoms with E-state index in [1.807, 2.05) is 36.0 Å². The molecule has 3 heterocycles. The lowest BCUT2D eigenvalue weighted by molar-refractivity contribution is 0.0275. The molecule has 2 aromatic heterocycles. The molecule has 1 saturated heterocycles. The van der Waals surface area contributed by atoms with E-state index >= 15 is 0 Å². The molecule has 130 valence electrons. The normalized spacial score (nSPS) is 17.8. The quantitative estimate of drug-likeness (QED) is 0.732. The maximum absolute atomic E-state index is 5.95. The zero-order valence-electron chi connectivity index (χ0n) is 14.6. The van der Waals surface area contributed by atoms with Gasteiger partial charge in [-0.25, -0.2) is 4.98 Å². The summed E-state index contributed by atoms with van der Waals surface area (Å²) in [6, 6.07) is 10.2. The molecule has 6 heteroatoms. The van der Waals surface area contributed by atoms with Crippen LogP contribution >= 0.6 is 0 Å². The van der Waals surface area contributed by atoms with Crippen molar-refractivity contribution in [2.45, 2.75) is 19.6 Å². The van der Waals surface area contributed by atoms with E-state index < -0.39 is 0 Å². The Morgan fingerprint density at radius 2 is 2.24 bits per heavy atom. The summed E-state index contributed by atoms with van der Waals surface area (Å²) in [6.45, 7) is 5.19. The summed E-state index contributed by atoms with van der Waals surface area (Å²) in [5.41, 5.74) is 3.09. The van der Waals surface area contributed by atoms with Gasteiger partial charge in [-0.3, -0.25) is 4.68 Å². The van der Waals surface area contributed by atoms with Crippen LogP contribution in [0.25, 0.3) is 10.9 Å². The number of hydrogen-bond acceptors (Lipinski definition) is 5. The highest BCUT2D eigenvalue weighted by Gasteiger charge is 2.23. The van der Waals surface area contributed by atoms with E-state index in [-0.39, 0.29) is 6.10 Å². The molecule has 6 nitrogen and oxygen atoms in total. The molecule has 1 unspecified atom stereocenters. The third-order valence-corrected chi connectivity index (χ3v) is 4.56. The first kappa shape index (κ1) is 15.9. The Balaban J connectivity index is 1.66. The van der Waals surface area contributed by atoms with Gasteiger partial charge in [-0.05, 0) is 25.1 Å². The SMILES string of the molecule is COc1cccc2c(N3CCOC(Cn4cccn4)C3)cc(C)nc12. The maximum atomic E-state index is 5.95. The molecular weight excluding hydrogens is 316 g/mol. The van der Waals surface area contributed by atoms with Gasteiger partial charge in [0.25, 0.3) is 0 Å². The average molecular weight is 338 g/mol. The number of pyridine rings is 1. The van der Waals surface area contributed by atoms with Crippen LogP contribution in [0.1, 0.15) is 5.69 Å². The van der Waals surface area contributed by atoms with E-state index in [0.717, 1.165) is 42.0 Å². The average Bonchev–Trinajstić information content (AvgIpc) is 3.13. The molecule has 1 atom stereocenters. The molecule has 0 amide bonds. The Hall–Kier alpha value is -2.60. The highest BCUT2D eigenvalue weighted by atomic mass is 16.5. The minimum Gasteiger partial charge on any atom is -0.494 e. The number of rotatable bonds is 4. The first-order valence-corrected chi connectivity index (χ1v) is 8.53. The van der Waals surface area contributed by atoms with Crippen LogP contribution in [0.3, 0.4) is 0 Å². The summed E-state index contributed by atoms with van der Waals surface area (Å²) in [7, 11) is 1.69. The fourth-order valence-electron chi connectivity index (χ4n) is 3.42. The Kier molecular flexibility index (Phi) is 4.28. The van der Waals surface area contributed by atoms with Gasteiger partial charge in [0.05, 0.1) is 26.4 Å². The number of anilines is 1. The van der Waals surface area contributed by atoms with Gasteiger partial charge in [-0.2, -0.15) is 5.10 Å². The van der Waals surface area contributed by atoms with E-state index in [1.54, 1.807) is 13.3 Å². The highest BCUT2D eigenvalue weighted by Crippen LogP contribution is 2.33. The molecule has 1 aliphatic heterocycles. The van der Waals surface area contributed by atoms with E-state index in [9.17, 15) is 0 Å². The Morgan fingerprint density at radius 3 is 3.04 bits per heavy atom. The topological polar surface area (TPSA) is 52.4 Å². The molecule has 0 radical (unpaired) electrons. The van der Waals surface area contributed by atoms with Crippen molar-refractivity contribution in [3.63, 3.8) is 0 Å². The molecule has 0 N–H and O–H groups in total. The zero-order valence-corrected chi connectivity index (χ0v) is 14.6. The molecular formula is C19H22N4O2. The van der Waals surface area contributed by atoms with E-state index in [2.05, 4.69) is 27.1 Å². The van der Waals surface area contributed by atoms with Gasteiger partial charge in [-0.15, -0.1) is 0 Å². The first-order chi connectivity index (χ1) is 12.2. The van der Waals surface area contributed by atoms with Crippen LogP contribution in [0.5, 0.6) is 5.75 Å². The van der Waals surface area contributed by atoms with Crippen molar-refractivity contribution in [3.05, 3.63) is 48.4 Å². The van der Waals surface area contributed by atoms with Crippen LogP contribution in [0.4, 0.5) is 5.69 Å².